The summed E-state index contributed by atoms with van der Waals surface area (Å²) < 4.78 is 20.1. The molecule has 3 heterocycles. The van der Waals surface area contributed by atoms with E-state index in [1.165, 1.54) is 0 Å². The van der Waals surface area contributed by atoms with Crippen LogP contribution in [0.4, 0.5) is 10.5 Å². The number of carbonyl (C=O) groups excluding carboxylic acids is 2. The first-order valence-electron chi connectivity index (χ1n) is 16.6. The third-order valence-electron chi connectivity index (χ3n) is 9.22. The molecule has 3 aromatic carbocycles. The van der Waals surface area contributed by atoms with Gasteiger partial charge in [0.1, 0.15) is 6.54 Å². The third-order valence-corrected chi connectivity index (χ3v) is 9.22. The second kappa shape index (κ2) is 15.2. The van der Waals surface area contributed by atoms with Crippen molar-refractivity contribution in [2.24, 2.45) is 5.92 Å². The highest BCUT2D eigenvalue weighted by molar-refractivity contribution is 5.91. The Hall–Kier alpha value is -4.49. The number of anilines is 1. The maximum atomic E-state index is 12.8. The lowest BCUT2D eigenvalue weighted by Crippen LogP contribution is -2.47. The van der Waals surface area contributed by atoms with Crippen molar-refractivity contribution in [3.8, 4) is 0 Å². The summed E-state index contributed by atoms with van der Waals surface area (Å²) >= 11 is 0. The van der Waals surface area contributed by atoms with Gasteiger partial charge in [-0.3, -0.25) is 9.36 Å². The first-order valence-corrected chi connectivity index (χ1v) is 16.6. The topological polar surface area (TPSA) is 147 Å². The number of aromatic amines is 1. The number of hydrogen-bond donors (Lipinski definition) is 4. The van der Waals surface area contributed by atoms with E-state index in [9.17, 15) is 19.5 Å². The second-order valence-electron chi connectivity index (χ2n) is 12.4. The Morgan fingerprint density at radius 3 is 2.52 bits per heavy atom. The molecule has 2 aliphatic heterocycles. The smallest absolute Gasteiger partial charge is 0.326 e. The van der Waals surface area contributed by atoms with Crippen LogP contribution in [0.1, 0.15) is 61.8 Å². The van der Waals surface area contributed by atoms with E-state index < -0.39 is 18.3 Å². The summed E-state index contributed by atoms with van der Waals surface area (Å²) in [6.07, 6.45) is 0.526. The molecule has 48 heavy (non-hydrogen) atoms. The molecule has 0 saturated carbocycles. The lowest BCUT2D eigenvalue weighted by molar-refractivity contribution is -0.276. The van der Waals surface area contributed by atoms with Crippen LogP contribution in [0.2, 0.25) is 0 Å². The Balaban J connectivity index is 1.16. The van der Waals surface area contributed by atoms with E-state index in [2.05, 4.69) is 27.4 Å². The standard InChI is InChI=1S/C36H43N5O7/c1-3-46-32(43)20-37-35(44)38-27-8-6-7-26(19-27)34-47-31(23(2)33(48-34)25-13-11-24(22-42)12-14-25)21-40-17-15-28(16-18-40)41-30-10-5-4-9-29(30)39-36(41)45/h4-14,19,23,28,31,33-34,42H,3,15-18,20-22H2,1-2H3,(H,39,45)(H2,37,38,44)/t23-,31+,33+,34+/m0/s1. The van der Waals surface area contributed by atoms with Crippen LogP contribution < -0.4 is 16.3 Å². The zero-order valence-corrected chi connectivity index (χ0v) is 27.3. The number of imidazole rings is 1. The number of hydrogen-bond acceptors (Lipinski definition) is 8. The number of carbonyl (C=O) groups is 2. The molecule has 2 fully saturated rings. The number of nitrogens with zero attached hydrogens (tertiary/aromatic N) is 2. The molecule has 1 aromatic heterocycles. The number of likely N-dealkylation sites (tertiary alicyclic amines) is 1. The number of nitrogens with one attached hydrogen (secondary N) is 3. The van der Waals surface area contributed by atoms with Crippen LogP contribution >= 0.6 is 0 Å². The minimum absolute atomic E-state index is 0.00477. The molecule has 4 atom stereocenters. The van der Waals surface area contributed by atoms with Gasteiger partial charge in [-0.25, -0.2) is 9.59 Å². The average Bonchev–Trinajstić information content (AvgIpc) is 3.44. The van der Waals surface area contributed by atoms with Gasteiger partial charge in [-0.15, -0.1) is 0 Å². The highest BCUT2D eigenvalue weighted by Crippen LogP contribution is 2.42. The van der Waals surface area contributed by atoms with Crippen molar-refractivity contribution in [1.29, 1.82) is 0 Å². The molecule has 6 rings (SSSR count). The summed E-state index contributed by atoms with van der Waals surface area (Å²) in [5.74, 6) is -0.509. The van der Waals surface area contributed by atoms with E-state index in [0.717, 1.165) is 53.7 Å². The maximum Gasteiger partial charge on any atom is 0.326 e. The van der Waals surface area contributed by atoms with Crippen molar-refractivity contribution < 1.29 is 28.9 Å². The summed E-state index contributed by atoms with van der Waals surface area (Å²) in [6.45, 7) is 6.14. The molecule has 2 saturated heterocycles. The number of para-hydroxylation sites is 2. The number of ether oxygens (including phenoxy) is 3. The number of aromatic nitrogens is 2. The molecular formula is C36H43N5O7. The Kier molecular flexibility index (Phi) is 10.6. The summed E-state index contributed by atoms with van der Waals surface area (Å²) in [6, 6.07) is 22.5. The molecule has 254 valence electrons. The van der Waals surface area contributed by atoms with Gasteiger partial charge in [-0.05, 0) is 55.2 Å². The fourth-order valence-electron chi connectivity index (χ4n) is 6.68. The average molecular weight is 658 g/mol. The van der Waals surface area contributed by atoms with Crippen molar-refractivity contribution in [3.63, 3.8) is 0 Å². The van der Waals surface area contributed by atoms with E-state index in [0.29, 0.717) is 12.2 Å². The number of rotatable bonds is 10. The van der Waals surface area contributed by atoms with Gasteiger partial charge in [0.15, 0.2) is 6.29 Å². The zero-order valence-electron chi connectivity index (χ0n) is 27.3. The Bertz CT molecular complexity index is 1760. The molecule has 12 heteroatoms. The number of urea groups is 1. The zero-order chi connectivity index (χ0) is 33.6. The molecule has 4 aromatic rings. The van der Waals surface area contributed by atoms with E-state index >= 15 is 0 Å². The van der Waals surface area contributed by atoms with Crippen molar-refractivity contribution in [3.05, 3.63) is 100.0 Å². The molecule has 0 unspecified atom stereocenters. The molecule has 0 aliphatic carbocycles. The van der Waals surface area contributed by atoms with Crippen LogP contribution in [-0.2, 0) is 25.6 Å². The Morgan fingerprint density at radius 1 is 1.00 bits per heavy atom. The predicted octanol–water partition coefficient (Wildman–Crippen LogP) is 4.64. The molecule has 0 spiro atoms. The van der Waals surface area contributed by atoms with E-state index in [1.807, 2.05) is 65.2 Å². The minimum atomic E-state index is -0.708. The Labute approximate surface area is 279 Å². The quantitative estimate of drug-likeness (QED) is 0.181. The molecule has 2 amide bonds. The van der Waals surface area contributed by atoms with Crippen molar-refractivity contribution in [1.82, 2.24) is 19.8 Å². The molecule has 0 bridgehead atoms. The number of benzene rings is 3. The van der Waals surface area contributed by atoms with Gasteiger partial charge in [0, 0.05) is 42.8 Å². The van der Waals surface area contributed by atoms with E-state index in [1.54, 1.807) is 19.1 Å². The lowest BCUT2D eigenvalue weighted by Gasteiger charge is -2.44. The number of piperidine rings is 1. The fraction of sp³-hybridized carbons (Fsp3) is 0.417. The van der Waals surface area contributed by atoms with Gasteiger partial charge in [-0.2, -0.15) is 0 Å². The largest absolute Gasteiger partial charge is 0.465 e. The van der Waals surface area contributed by atoms with Crippen LogP contribution in [-0.4, -0.2) is 70.4 Å². The monoisotopic (exact) mass is 657 g/mol. The number of fused-ring (bicyclic) bond motifs is 1. The van der Waals surface area contributed by atoms with Gasteiger partial charge in [0.25, 0.3) is 0 Å². The first-order chi connectivity index (χ1) is 23.3. The molecule has 12 nitrogen and oxygen atoms in total. The maximum absolute atomic E-state index is 12.8. The summed E-state index contributed by atoms with van der Waals surface area (Å²) in [7, 11) is 0. The molecule has 2 aliphatic rings. The van der Waals surface area contributed by atoms with Crippen LogP contribution in [0.3, 0.4) is 0 Å². The van der Waals surface area contributed by atoms with Gasteiger partial charge in [-0.1, -0.05) is 55.5 Å². The summed E-state index contributed by atoms with van der Waals surface area (Å²) in [5, 5.41) is 14.9. The van der Waals surface area contributed by atoms with Crippen LogP contribution in [0, 0.1) is 5.92 Å². The van der Waals surface area contributed by atoms with Crippen molar-refractivity contribution in [2.45, 2.75) is 57.8 Å². The number of esters is 1. The molecule has 0 radical (unpaired) electrons. The lowest BCUT2D eigenvalue weighted by atomic mass is 9.89. The van der Waals surface area contributed by atoms with Gasteiger partial charge in [0.05, 0.1) is 36.5 Å². The first kappa shape index (κ1) is 33.4. The second-order valence-corrected chi connectivity index (χ2v) is 12.4. The summed E-state index contributed by atoms with van der Waals surface area (Å²) in [5.41, 5.74) is 4.80. The van der Waals surface area contributed by atoms with Crippen LogP contribution in [0.5, 0.6) is 0 Å². The van der Waals surface area contributed by atoms with Gasteiger partial charge >= 0.3 is 17.7 Å². The SMILES string of the molecule is CCOC(=O)CNC(=O)Nc1cccc([C@@H]2O[C@H](CN3CCC(n4c(=O)[nH]c5ccccc54)CC3)[C@H](C)[C@H](c3ccc(CO)cc3)O2)c1. The highest BCUT2D eigenvalue weighted by Gasteiger charge is 2.39. The van der Waals surface area contributed by atoms with Gasteiger partial charge < -0.3 is 39.8 Å². The Morgan fingerprint density at radius 2 is 1.77 bits per heavy atom. The van der Waals surface area contributed by atoms with E-state index in [-0.39, 0.29) is 49.6 Å². The predicted molar refractivity (Wildman–Crippen MR) is 180 cm³/mol. The van der Waals surface area contributed by atoms with Gasteiger partial charge in [0.2, 0.25) is 0 Å². The summed E-state index contributed by atoms with van der Waals surface area (Å²) in [4.78, 5) is 42.3. The normalized spacial score (nSPS) is 22.0. The number of H-pyrrole nitrogens is 1. The number of amides is 2. The van der Waals surface area contributed by atoms with Crippen molar-refractivity contribution in [2.75, 3.05) is 38.1 Å². The van der Waals surface area contributed by atoms with Crippen LogP contribution in [0.15, 0.2) is 77.6 Å². The molecule has 4 N–H and O–H groups in total. The number of aliphatic hydroxyl groups is 1. The fourth-order valence-corrected chi connectivity index (χ4v) is 6.68. The third kappa shape index (κ3) is 7.63. The van der Waals surface area contributed by atoms with E-state index in [4.69, 9.17) is 14.2 Å². The molecular weight excluding hydrogens is 614 g/mol. The van der Waals surface area contributed by atoms with Crippen molar-refractivity contribution >= 4 is 28.7 Å². The number of aliphatic hydroxyl groups excluding tert-OH is 1. The highest BCUT2D eigenvalue weighted by atomic mass is 16.7. The van der Waals surface area contributed by atoms with Crippen LogP contribution in [0.25, 0.3) is 11.0 Å². The minimum Gasteiger partial charge on any atom is -0.465 e.